The molecule has 3 N–H and O–H groups in total. The van der Waals surface area contributed by atoms with E-state index in [1.165, 1.54) is 0 Å². The summed E-state index contributed by atoms with van der Waals surface area (Å²) in [6.45, 7) is 5.73. The minimum atomic E-state index is -0.132. The average Bonchev–Trinajstić information content (AvgIpc) is 2.10. The summed E-state index contributed by atoms with van der Waals surface area (Å²) in [6.07, 6.45) is 2.25. The first-order valence-corrected chi connectivity index (χ1v) is 4.74. The van der Waals surface area contributed by atoms with Gasteiger partial charge in [-0.25, -0.2) is 5.84 Å². The third-order valence-electron chi connectivity index (χ3n) is 1.69. The standard InChI is InChI=1S/C9H20N2O2/c1-8(2)5-7-13-6-3-4-9(12)11-10/h8H,3-7,10H2,1-2H3,(H,11,12). The van der Waals surface area contributed by atoms with Gasteiger partial charge in [0.1, 0.15) is 0 Å². The van der Waals surface area contributed by atoms with Crippen molar-refractivity contribution >= 4 is 5.91 Å². The SMILES string of the molecule is CC(C)CCOCCCC(=O)NN. The molecule has 0 aliphatic heterocycles. The Hall–Kier alpha value is -0.610. The molecule has 0 saturated heterocycles. The molecule has 0 fully saturated rings. The lowest BCUT2D eigenvalue weighted by molar-refractivity contribution is -0.121. The Labute approximate surface area is 79.8 Å². The molecule has 0 atom stereocenters. The summed E-state index contributed by atoms with van der Waals surface area (Å²) >= 11 is 0. The minimum Gasteiger partial charge on any atom is -0.381 e. The van der Waals surface area contributed by atoms with Crippen molar-refractivity contribution in [2.45, 2.75) is 33.1 Å². The highest BCUT2D eigenvalue weighted by molar-refractivity contribution is 5.75. The molecule has 0 aromatic heterocycles. The topological polar surface area (TPSA) is 64.3 Å². The van der Waals surface area contributed by atoms with E-state index < -0.39 is 0 Å². The molecule has 4 nitrogen and oxygen atoms in total. The van der Waals surface area contributed by atoms with Gasteiger partial charge >= 0.3 is 0 Å². The highest BCUT2D eigenvalue weighted by Crippen LogP contribution is 1.99. The molecule has 4 heteroatoms. The highest BCUT2D eigenvalue weighted by atomic mass is 16.5. The van der Waals surface area contributed by atoms with Gasteiger partial charge in [0, 0.05) is 19.6 Å². The van der Waals surface area contributed by atoms with Crippen LogP contribution in [0.4, 0.5) is 0 Å². The highest BCUT2D eigenvalue weighted by Gasteiger charge is 1.98. The third kappa shape index (κ3) is 9.30. The molecule has 0 aliphatic rings. The van der Waals surface area contributed by atoms with Crippen LogP contribution in [0.2, 0.25) is 0 Å². The molecule has 0 aromatic carbocycles. The molecule has 0 spiro atoms. The quantitative estimate of drug-likeness (QED) is 0.269. The van der Waals surface area contributed by atoms with Crippen molar-refractivity contribution < 1.29 is 9.53 Å². The van der Waals surface area contributed by atoms with E-state index in [1.807, 2.05) is 0 Å². The second-order valence-corrected chi connectivity index (χ2v) is 3.47. The fourth-order valence-corrected chi connectivity index (χ4v) is 0.828. The van der Waals surface area contributed by atoms with Gasteiger partial charge in [-0.2, -0.15) is 0 Å². The van der Waals surface area contributed by atoms with Crippen LogP contribution in [-0.4, -0.2) is 19.1 Å². The zero-order chi connectivity index (χ0) is 10.1. The first kappa shape index (κ1) is 12.4. The van der Waals surface area contributed by atoms with Gasteiger partial charge in [0.15, 0.2) is 0 Å². The summed E-state index contributed by atoms with van der Waals surface area (Å²) < 4.78 is 5.32. The van der Waals surface area contributed by atoms with Crippen LogP contribution in [0.15, 0.2) is 0 Å². The van der Waals surface area contributed by atoms with Gasteiger partial charge in [-0.05, 0) is 18.8 Å². The number of carbonyl (C=O) groups is 1. The van der Waals surface area contributed by atoms with Crippen molar-refractivity contribution in [1.29, 1.82) is 0 Å². The van der Waals surface area contributed by atoms with Crippen LogP contribution in [0.5, 0.6) is 0 Å². The Bertz CT molecular complexity index is 138. The minimum absolute atomic E-state index is 0.132. The van der Waals surface area contributed by atoms with E-state index in [1.54, 1.807) is 0 Å². The Morgan fingerprint density at radius 1 is 1.46 bits per heavy atom. The number of hydrogen-bond acceptors (Lipinski definition) is 3. The van der Waals surface area contributed by atoms with Crippen LogP contribution in [0.3, 0.4) is 0 Å². The van der Waals surface area contributed by atoms with Crippen LogP contribution in [0.25, 0.3) is 0 Å². The van der Waals surface area contributed by atoms with Gasteiger partial charge < -0.3 is 4.74 Å². The Morgan fingerprint density at radius 2 is 2.15 bits per heavy atom. The molecular weight excluding hydrogens is 168 g/mol. The largest absolute Gasteiger partial charge is 0.381 e. The zero-order valence-electron chi connectivity index (χ0n) is 8.51. The molecule has 0 saturated carbocycles. The number of hydrogen-bond donors (Lipinski definition) is 2. The summed E-state index contributed by atoms with van der Waals surface area (Å²) in [7, 11) is 0. The van der Waals surface area contributed by atoms with Gasteiger partial charge in [-0.1, -0.05) is 13.8 Å². The lowest BCUT2D eigenvalue weighted by Gasteiger charge is -2.05. The van der Waals surface area contributed by atoms with Crippen LogP contribution in [0, 0.1) is 5.92 Å². The Balaban J connectivity index is 3.04. The first-order chi connectivity index (χ1) is 6.16. The second kappa shape index (κ2) is 8.01. The lowest BCUT2D eigenvalue weighted by Crippen LogP contribution is -2.29. The maximum atomic E-state index is 10.7. The van der Waals surface area contributed by atoms with Crippen LogP contribution in [0.1, 0.15) is 33.1 Å². The molecule has 13 heavy (non-hydrogen) atoms. The second-order valence-electron chi connectivity index (χ2n) is 3.47. The summed E-state index contributed by atoms with van der Waals surface area (Å²) in [5.74, 6) is 5.45. The van der Waals surface area contributed by atoms with E-state index in [-0.39, 0.29) is 5.91 Å². The first-order valence-electron chi connectivity index (χ1n) is 4.74. The monoisotopic (exact) mass is 188 g/mol. The van der Waals surface area contributed by atoms with Crippen molar-refractivity contribution in [3.63, 3.8) is 0 Å². The number of nitrogens with one attached hydrogen (secondary N) is 1. The van der Waals surface area contributed by atoms with Crippen molar-refractivity contribution in [2.75, 3.05) is 13.2 Å². The molecule has 0 heterocycles. The fourth-order valence-electron chi connectivity index (χ4n) is 0.828. The van der Waals surface area contributed by atoms with E-state index in [0.717, 1.165) is 19.4 Å². The number of rotatable bonds is 7. The van der Waals surface area contributed by atoms with E-state index in [2.05, 4.69) is 19.3 Å². The summed E-state index contributed by atoms with van der Waals surface area (Å²) in [6, 6.07) is 0. The van der Waals surface area contributed by atoms with E-state index in [0.29, 0.717) is 18.9 Å². The number of ether oxygens (including phenoxy) is 1. The maximum Gasteiger partial charge on any atom is 0.233 e. The third-order valence-corrected chi connectivity index (χ3v) is 1.69. The van der Waals surface area contributed by atoms with Gasteiger partial charge in [0.25, 0.3) is 0 Å². The molecular formula is C9H20N2O2. The van der Waals surface area contributed by atoms with Crippen LogP contribution >= 0.6 is 0 Å². The smallest absolute Gasteiger partial charge is 0.233 e. The molecule has 0 bridgehead atoms. The summed E-state index contributed by atoms with van der Waals surface area (Å²) in [4.78, 5) is 10.7. The van der Waals surface area contributed by atoms with Crippen LogP contribution < -0.4 is 11.3 Å². The summed E-state index contributed by atoms with van der Waals surface area (Å²) in [5, 5.41) is 0. The zero-order valence-corrected chi connectivity index (χ0v) is 8.51. The molecule has 0 aromatic rings. The Morgan fingerprint density at radius 3 is 2.69 bits per heavy atom. The van der Waals surface area contributed by atoms with Gasteiger partial charge in [0.05, 0.1) is 0 Å². The van der Waals surface area contributed by atoms with Crippen molar-refractivity contribution in [1.82, 2.24) is 5.43 Å². The van der Waals surface area contributed by atoms with Gasteiger partial charge in [-0.3, -0.25) is 10.2 Å². The van der Waals surface area contributed by atoms with Crippen molar-refractivity contribution in [3.8, 4) is 0 Å². The predicted molar refractivity (Wildman–Crippen MR) is 51.8 cm³/mol. The Kier molecular flexibility index (Phi) is 7.63. The molecule has 0 rings (SSSR count). The number of amides is 1. The number of hydrazine groups is 1. The van der Waals surface area contributed by atoms with Crippen molar-refractivity contribution in [3.05, 3.63) is 0 Å². The van der Waals surface area contributed by atoms with Crippen LogP contribution in [-0.2, 0) is 9.53 Å². The molecule has 0 aliphatic carbocycles. The van der Waals surface area contributed by atoms with E-state index >= 15 is 0 Å². The molecule has 1 amide bonds. The molecule has 0 unspecified atom stereocenters. The lowest BCUT2D eigenvalue weighted by atomic mass is 10.1. The van der Waals surface area contributed by atoms with E-state index in [4.69, 9.17) is 10.6 Å². The predicted octanol–water partition coefficient (Wildman–Crippen LogP) is 0.819. The normalized spacial score (nSPS) is 10.5. The average molecular weight is 188 g/mol. The fraction of sp³-hybridized carbons (Fsp3) is 0.889. The van der Waals surface area contributed by atoms with Gasteiger partial charge in [-0.15, -0.1) is 0 Å². The molecule has 78 valence electrons. The van der Waals surface area contributed by atoms with E-state index in [9.17, 15) is 4.79 Å². The number of carbonyl (C=O) groups excluding carboxylic acids is 1. The molecule has 0 radical (unpaired) electrons. The number of nitrogens with two attached hydrogens (primary N) is 1. The van der Waals surface area contributed by atoms with Gasteiger partial charge in [0.2, 0.25) is 5.91 Å². The maximum absolute atomic E-state index is 10.7. The summed E-state index contributed by atoms with van der Waals surface area (Å²) in [5.41, 5.74) is 2.08. The van der Waals surface area contributed by atoms with Crippen molar-refractivity contribution in [2.24, 2.45) is 11.8 Å².